The summed E-state index contributed by atoms with van der Waals surface area (Å²) in [6, 6.07) is 25.0. The van der Waals surface area contributed by atoms with E-state index in [1.807, 2.05) is 30.3 Å². The summed E-state index contributed by atoms with van der Waals surface area (Å²) >= 11 is 0. The molecule has 0 atom stereocenters. The van der Waals surface area contributed by atoms with Crippen LogP contribution in [0, 0.1) is 6.92 Å². The lowest BCUT2D eigenvalue weighted by atomic mass is 10.0. The molecule has 33 heavy (non-hydrogen) atoms. The number of nitrogens with zero attached hydrogens (tertiary/aromatic N) is 3. The van der Waals surface area contributed by atoms with Crippen molar-refractivity contribution < 1.29 is 9.47 Å². The maximum Gasteiger partial charge on any atom is 0.127 e. The summed E-state index contributed by atoms with van der Waals surface area (Å²) in [5.41, 5.74) is 7.26. The third kappa shape index (κ3) is 3.79. The summed E-state index contributed by atoms with van der Waals surface area (Å²) in [7, 11) is 0. The number of fused-ring (bicyclic) bond motifs is 3. The smallest absolute Gasteiger partial charge is 0.127 e. The molecule has 0 unspecified atom stereocenters. The first-order chi connectivity index (χ1) is 16.3. The van der Waals surface area contributed by atoms with Gasteiger partial charge in [-0.3, -0.25) is 4.98 Å². The summed E-state index contributed by atoms with van der Waals surface area (Å²) in [6.07, 6.45) is 1.01. The van der Waals surface area contributed by atoms with E-state index >= 15 is 0 Å². The van der Waals surface area contributed by atoms with Crippen molar-refractivity contribution in [3.05, 3.63) is 84.1 Å². The number of pyridine rings is 1. The highest BCUT2D eigenvalue weighted by Crippen LogP contribution is 2.42. The molecule has 6 rings (SSSR count). The summed E-state index contributed by atoms with van der Waals surface area (Å²) in [5, 5.41) is 1.22. The second kappa shape index (κ2) is 8.41. The third-order valence-electron chi connectivity index (χ3n) is 6.60. The Hall–Kier alpha value is -3.57. The minimum absolute atomic E-state index is 0.784. The quantitative estimate of drug-likeness (QED) is 0.399. The lowest BCUT2D eigenvalue weighted by molar-refractivity contribution is 0.122. The van der Waals surface area contributed by atoms with Crippen LogP contribution in [-0.4, -0.2) is 37.8 Å². The molecule has 5 nitrogen and oxygen atoms in total. The van der Waals surface area contributed by atoms with Crippen LogP contribution in [0.2, 0.25) is 0 Å². The van der Waals surface area contributed by atoms with E-state index in [1.54, 1.807) is 0 Å². The van der Waals surface area contributed by atoms with Gasteiger partial charge >= 0.3 is 0 Å². The molecule has 3 aromatic carbocycles. The topological polar surface area (TPSA) is 37.8 Å². The molecular formula is C28H27N3O2. The summed E-state index contributed by atoms with van der Waals surface area (Å²) in [6.45, 7) is 6.52. The minimum Gasteiger partial charge on any atom is -0.457 e. The van der Waals surface area contributed by atoms with Gasteiger partial charge in [-0.2, -0.15) is 0 Å². The van der Waals surface area contributed by atoms with Crippen LogP contribution in [0.3, 0.4) is 0 Å². The van der Waals surface area contributed by atoms with Gasteiger partial charge in [0.15, 0.2) is 0 Å². The first-order valence-corrected chi connectivity index (χ1v) is 11.6. The summed E-state index contributed by atoms with van der Waals surface area (Å²) in [4.78, 5) is 9.77. The number of anilines is 3. The Morgan fingerprint density at radius 2 is 1.55 bits per heavy atom. The standard InChI is InChI=1S/C28H27N3O2/c1-20-25-13-14-31(21-7-10-24(11-8-21)33-23-5-3-2-4-6-23)28(25)26-19-22(9-12-27(26)29-20)30-15-17-32-18-16-30/h2-12,19H,13-18H2,1H3. The van der Waals surface area contributed by atoms with Crippen LogP contribution in [0.4, 0.5) is 17.1 Å². The first-order valence-electron chi connectivity index (χ1n) is 11.6. The van der Waals surface area contributed by atoms with E-state index < -0.39 is 0 Å². The molecule has 0 bridgehead atoms. The van der Waals surface area contributed by atoms with Crippen LogP contribution in [-0.2, 0) is 11.2 Å². The number of benzene rings is 3. The highest BCUT2D eigenvalue weighted by Gasteiger charge is 2.26. The molecule has 2 aliphatic rings. The Morgan fingerprint density at radius 3 is 2.33 bits per heavy atom. The molecule has 1 fully saturated rings. The lowest BCUT2D eigenvalue weighted by Gasteiger charge is -2.29. The van der Waals surface area contributed by atoms with Gasteiger partial charge in [-0.05, 0) is 73.5 Å². The highest BCUT2D eigenvalue weighted by atomic mass is 16.5. The number of para-hydroxylation sites is 1. The predicted molar refractivity (Wildman–Crippen MR) is 133 cm³/mol. The first kappa shape index (κ1) is 20.1. The van der Waals surface area contributed by atoms with Gasteiger partial charge in [-0.25, -0.2) is 0 Å². The van der Waals surface area contributed by atoms with E-state index in [-0.39, 0.29) is 0 Å². The van der Waals surface area contributed by atoms with Crippen LogP contribution in [0.1, 0.15) is 11.3 Å². The Morgan fingerprint density at radius 1 is 0.818 bits per heavy atom. The Kier molecular flexibility index (Phi) is 5.11. The van der Waals surface area contributed by atoms with E-state index in [2.05, 4.69) is 59.2 Å². The van der Waals surface area contributed by atoms with Gasteiger partial charge in [-0.1, -0.05) is 18.2 Å². The summed E-state index contributed by atoms with van der Waals surface area (Å²) < 4.78 is 11.5. The van der Waals surface area contributed by atoms with E-state index in [0.717, 1.165) is 62.0 Å². The van der Waals surface area contributed by atoms with E-state index in [1.165, 1.54) is 28.0 Å². The molecule has 0 saturated carbocycles. The normalized spacial score (nSPS) is 15.7. The Labute approximate surface area is 194 Å². The summed E-state index contributed by atoms with van der Waals surface area (Å²) in [5.74, 6) is 1.69. The zero-order valence-electron chi connectivity index (χ0n) is 18.8. The molecule has 4 aromatic rings. The van der Waals surface area contributed by atoms with Gasteiger partial charge in [0, 0.05) is 42.1 Å². The number of hydrogen-bond acceptors (Lipinski definition) is 5. The van der Waals surface area contributed by atoms with Gasteiger partial charge in [0.05, 0.1) is 24.4 Å². The highest BCUT2D eigenvalue weighted by molar-refractivity contribution is 5.99. The number of hydrogen-bond donors (Lipinski definition) is 0. The monoisotopic (exact) mass is 437 g/mol. The van der Waals surface area contributed by atoms with E-state index in [9.17, 15) is 0 Å². The van der Waals surface area contributed by atoms with Crippen molar-refractivity contribution in [1.82, 2.24) is 4.98 Å². The Balaban J connectivity index is 1.36. The molecule has 0 radical (unpaired) electrons. The fourth-order valence-electron chi connectivity index (χ4n) is 4.93. The third-order valence-corrected chi connectivity index (χ3v) is 6.60. The second-order valence-electron chi connectivity index (χ2n) is 8.64. The average Bonchev–Trinajstić information content (AvgIpc) is 3.32. The van der Waals surface area contributed by atoms with Gasteiger partial charge in [0.25, 0.3) is 0 Å². The van der Waals surface area contributed by atoms with Crippen molar-refractivity contribution in [2.45, 2.75) is 13.3 Å². The fourth-order valence-corrected chi connectivity index (χ4v) is 4.93. The predicted octanol–water partition coefficient (Wildman–Crippen LogP) is 5.87. The van der Waals surface area contributed by atoms with Crippen LogP contribution < -0.4 is 14.5 Å². The van der Waals surface area contributed by atoms with Crippen LogP contribution >= 0.6 is 0 Å². The molecule has 1 aromatic heterocycles. The maximum absolute atomic E-state index is 5.99. The average molecular weight is 438 g/mol. The molecule has 3 heterocycles. The molecule has 5 heteroatoms. The maximum atomic E-state index is 5.99. The molecule has 2 aliphatic heterocycles. The van der Waals surface area contributed by atoms with Gasteiger partial charge in [0.1, 0.15) is 11.5 Å². The molecule has 0 aliphatic carbocycles. The SMILES string of the molecule is Cc1nc2ccc(N3CCOCC3)cc2c2c1CCN2c1ccc(Oc2ccccc2)cc1. The fraction of sp³-hybridized carbons (Fsp3) is 0.250. The van der Waals surface area contributed by atoms with Gasteiger partial charge in [-0.15, -0.1) is 0 Å². The zero-order chi connectivity index (χ0) is 22.2. The molecule has 0 amide bonds. The molecule has 0 spiro atoms. The largest absolute Gasteiger partial charge is 0.457 e. The van der Waals surface area contributed by atoms with Crippen molar-refractivity contribution >= 4 is 28.0 Å². The number of morpholine rings is 1. The molecule has 1 saturated heterocycles. The van der Waals surface area contributed by atoms with Crippen molar-refractivity contribution in [3.63, 3.8) is 0 Å². The van der Waals surface area contributed by atoms with Crippen LogP contribution in [0.5, 0.6) is 11.5 Å². The number of aromatic nitrogens is 1. The number of ether oxygens (including phenoxy) is 2. The van der Waals surface area contributed by atoms with E-state index in [4.69, 9.17) is 14.5 Å². The second-order valence-corrected chi connectivity index (χ2v) is 8.64. The van der Waals surface area contributed by atoms with E-state index in [0.29, 0.717) is 0 Å². The molecule has 0 N–H and O–H groups in total. The van der Waals surface area contributed by atoms with Crippen LogP contribution in [0.15, 0.2) is 72.8 Å². The van der Waals surface area contributed by atoms with Crippen LogP contribution in [0.25, 0.3) is 10.9 Å². The molecule has 166 valence electrons. The number of aryl methyl sites for hydroxylation is 1. The zero-order valence-corrected chi connectivity index (χ0v) is 18.8. The minimum atomic E-state index is 0.784. The Bertz CT molecular complexity index is 1280. The lowest BCUT2D eigenvalue weighted by Crippen LogP contribution is -2.36. The van der Waals surface area contributed by atoms with Crippen molar-refractivity contribution in [2.75, 3.05) is 42.6 Å². The van der Waals surface area contributed by atoms with Gasteiger partial charge < -0.3 is 19.3 Å². The molecular weight excluding hydrogens is 410 g/mol. The van der Waals surface area contributed by atoms with Crippen molar-refractivity contribution in [3.8, 4) is 11.5 Å². The van der Waals surface area contributed by atoms with Gasteiger partial charge in [0.2, 0.25) is 0 Å². The van der Waals surface area contributed by atoms with Crippen molar-refractivity contribution in [2.24, 2.45) is 0 Å². The van der Waals surface area contributed by atoms with Crippen molar-refractivity contribution in [1.29, 1.82) is 0 Å². The number of rotatable bonds is 4.